The van der Waals surface area contributed by atoms with Crippen molar-refractivity contribution in [2.45, 2.75) is 6.04 Å². The number of carbonyl (C=O) groups is 1. The van der Waals surface area contributed by atoms with Crippen LogP contribution in [0.2, 0.25) is 0 Å². The summed E-state index contributed by atoms with van der Waals surface area (Å²) in [4.78, 5) is 24.3. The van der Waals surface area contributed by atoms with Gasteiger partial charge in [0.1, 0.15) is 23.4 Å². The summed E-state index contributed by atoms with van der Waals surface area (Å²) in [7, 11) is 3.09. The molecule has 1 aliphatic rings. The van der Waals surface area contributed by atoms with E-state index in [4.69, 9.17) is 5.73 Å². The molecule has 148 valence electrons. The van der Waals surface area contributed by atoms with Gasteiger partial charge in [-0.15, -0.1) is 0 Å². The van der Waals surface area contributed by atoms with Gasteiger partial charge in [-0.2, -0.15) is 4.98 Å². The quantitative estimate of drug-likeness (QED) is 0.661. The molecule has 1 aliphatic heterocycles. The van der Waals surface area contributed by atoms with E-state index in [-0.39, 0.29) is 11.5 Å². The highest BCUT2D eigenvalue weighted by molar-refractivity contribution is 6.04. The number of carbonyl (C=O) groups excluding carboxylic acids is 1. The van der Waals surface area contributed by atoms with Crippen molar-refractivity contribution in [3.63, 3.8) is 0 Å². The maximum atomic E-state index is 14.4. The molecule has 0 spiro atoms. The van der Waals surface area contributed by atoms with Gasteiger partial charge in [0.25, 0.3) is 5.91 Å². The maximum absolute atomic E-state index is 14.4. The van der Waals surface area contributed by atoms with Gasteiger partial charge < -0.3 is 20.9 Å². The van der Waals surface area contributed by atoms with Gasteiger partial charge in [-0.3, -0.25) is 4.79 Å². The number of nitrogens with two attached hydrogens (primary N) is 1. The van der Waals surface area contributed by atoms with Gasteiger partial charge in [0.2, 0.25) is 5.95 Å². The van der Waals surface area contributed by atoms with Gasteiger partial charge in [0, 0.05) is 25.5 Å². The van der Waals surface area contributed by atoms with E-state index in [0.29, 0.717) is 17.2 Å². The fourth-order valence-electron chi connectivity index (χ4n) is 3.30. The number of nitrogens with one attached hydrogen (secondary N) is 1. The van der Waals surface area contributed by atoms with Gasteiger partial charge in [0.15, 0.2) is 5.82 Å². The Kier molecular flexibility index (Phi) is 4.50. The SMILES string of the molecule is CN1C(=O)C(c2c(F)cccc2F)N(C)c2nc(Nc3ccc(N)cc3)ncc21. The maximum Gasteiger partial charge on any atom is 0.254 e. The smallest absolute Gasteiger partial charge is 0.254 e. The lowest BCUT2D eigenvalue weighted by atomic mass is 10.0. The predicted octanol–water partition coefficient (Wildman–Crippen LogP) is 3.23. The second-order valence-corrected chi connectivity index (χ2v) is 6.70. The summed E-state index contributed by atoms with van der Waals surface area (Å²) in [6.45, 7) is 0. The zero-order valence-electron chi connectivity index (χ0n) is 15.7. The number of halogens is 2. The zero-order valence-corrected chi connectivity index (χ0v) is 15.7. The third kappa shape index (κ3) is 3.20. The molecule has 7 nitrogen and oxygen atoms in total. The number of benzene rings is 2. The van der Waals surface area contributed by atoms with Gasteiger partial charge in [-0.05, 0) is 36.4 Å². The summed E-state index contributed by atoms with van der Waals surface area (Å²) >= 11 is 0. The predicted molar refractivity (Wildman–Crippen MR) is 107 cm³/mol. The molecule has 2 heterocycles. The van der Waals surface area contributed by atoms with Gasteiger partial charge >= 0.3 is 0 Å². The molecule has 1 atom stereocenters. The third-order valence-electron chi connectivity index (χ3n) is 4.84. The topological polar surface area (TPSA) is 87.4 Å². The van der Waals surface area contributed by atoms with Crippen LogP contribution in [0, 0.1) is 11.6 Å². The second-order valence-electron chi connectivity index (χ2n) is 6.70. The van der Waals surface area contributed by atoms with E-state index in [1.807, 2.05) is 0 Å². The molecule has 1 aromatic heterocycles. The fourth-order valence-corrected chi connectivity index (χ4v) is 3.30. The molecule has 1 unspecified atom stereocenters. The summed E-state index contributed by atoms with van der Waals surface area (Å²) in [5.41, 5.74) is 7.15. The first-order valence-corrected chi connectivity index (χ1v) is 8.80. The van der Waals surface area contributed by atoms with Crippen molar-refractivity contribution >= 4 is 34.7 Å². The first-order valence-electron chi connectivity index (χ1n) is 8.80. The number of rotatable bonds is 3. The van der Waals surface area contributed by atoms with Crippen molar-refractivity contribution in [2.75, 3.05) is 34.9 Å². The molecule has 1 amide bonds. The van der Waals surface area contributed by atoms with E-state index in [1.165, 1.54) is 29.1 Å². The average Bonchev–Trinajstić information content (AvgIpc) is 2.70. The molecule has 2 aromatic carbocycles. The van der Waals surface area contributed by atoms with Crippen LogP contribution in [0.5, 0.6) is 0 Å². The summed E-state index contributed by atoms with van der Waals surface area (Å²) < 4.78 is 28.8. The van der Waals surface area contributed by atoms with E-state index >= 15 is 0 Å². The van der Waals surface area contributed by atoms with Crippen molar-refractivity contribution in [3.8, 4) is 0 Å². The van der Waals surface area contributed by atoms with Crippen LogP contribution < -0.4 is 20.9 Å². The van der Waals surface area contributed by atoms with E-state index in [2.05, 4.69) is 15.3 Å². The normalized spacial score (nSPS) is 16.0. The largest absolute Gasteiger partial charge is 0.399 e. The standard InChI is InChI=1S/C20H18F2N6O/c1-27-15-10-24-20(25-12-8-6-11(23)7-9-12)26-18(15)28(2)17(19(27)29)16-13(21)4-3-5-14(16)22/h3-10,17H,23H2,1-2H3,(H,24,25,26). The van der Waals surface area contributed by atoms with Crippen molar-refractivity contribution in [2.24, 2.45) is 0 Å². The Hall–Kier alpha value is -3.75. The summed E-state index contributed by atoms with van der Waals surface area (Å²) in [5.74, 6) is -1.42. The molecule has 3 N–H and O–H groups in total. The number of hydrogen-bond acceptors (Lipinski definition) is 6. The van der Waals surface area contributed by atoms with E-state index < -0.39 is 23.6 Å². The van der Waals surface area contributed by atoms with Crippen LogP contribution in [0.3, 0.4) is 0 Å². The Bertz CT molecular complexity index is 1070. The van der Waals surface area contributed by atoms with Crippen LogP contribution in [-0.2, 0) is 4.79 Å². The molecule has 4 rings (SSSR count). The highest BCUT2D eigenvalue weighted by atomic mass is 19.1. The molecule has 9 heteroatoms. The monoisotopic (exact) mass is 396 g/mol. The molecule has 0 saturated carbocycles. The molecule has 0 fully saturated rings. The zero-order chi connectivity index (χ0) is 20.7. The number of aromatic nitrogens is 2. The number of fused-ring (bicyclic) bond motifs is 1. The Morgan fingerprint density at radius 2 is 1.72 bits per heavy atom. The molecule has 29 heavy (non-hydrogen) atoms. The Morgan fingerprint density at radius 1 is 1.07 bits per heavy atom. The lowest BCUT2D eigenvalue weighted by Gasteiger charge is -2.38. The van der Waals surface area contributed by atoms with Gasteiger partial charge in [-0.1, -0.05) is 6.07 Å². The number of nitrogen functional groups attached to an aromatic ring is 1. The number of amides is 1. The number of likely N-dealkylation sites (N-methyl/N-ethyl adjacent to an activating group) is 2. The first kappa shape index (κ1) is 18.6. The molecule has 0 bridgehead atoms. The number of nitrogens with zero attached hydrogens (tertiary/aromatic N) is 4. The summed E-state index contributed by atoms with van der Waals surface area (Å²) in [6.07, 6.45) is 1.49. The Balaban J connectivity index is 1.75. The average molecular weight is 396 g/mol. The lowest BCUT2D eigenvalue weighted by Crippen LogP contribution is -2.46. The van der Waals surface area contributed by atoms with Crippen molar-refractivity contribution in [1.29, 1.82) is 0 Å². The van der Waals surface area contributed by atoms with Crippen LogP contribution in [0.4, 0.5) is 37.6 Å². The highest BCUT2D eigenvalue weighted by Gasteiger charge is 2.40. The fraction of sp³-hybridized carbons (Fsp3) is 0.150. The molecule has 0 aliphatic carbocycles. The minimum atomic E-state index is -1.19. The van der Waals surface area contributed by atoms with E-state index in [0.717, 1.165) is 17.8 Å². The summed E-state index contributed by atoms with van der Waals surface area (Å²) in [5, 5.41) is 3.05. The van der Waals surface area contributed by atoms with E-state index in [9.17, 15) is 13.6 Å². The van der Waals surface area contributed by atoms with Crippen LogP contribution in [-0.4, -0.2) is 30.0 Å². The van der Waals surface area contributed by atoms with Crippen molar-refractivity contribution in [3.05, 3.63) is 65.9 Å². The first-order chi connectivity index (χ1) is 13.9. The summed E-state index contributed by atoms with van der Waals surface area (Å²) in [6, 6.07) is 9.34. The molecule has 3 aromatic rings. The lowest BCUT2D eigenvalue weighted by molar-refractivity contribution is -0.120. The van der Waals surface area contributed by atoms with Crippen LogP contribution in [0.15, 0.2) is 48.7 Å². The third-order valence-corrected chi connectivity index (χ3v) is 4.84. The Morgan fingerprint density at radius 3 is 2.38 bits per heavy atom. The minimum Gasteiger partial charge on any atom is -0.399 e. The molecular weight excluding hydrogens is 378 g/mol. The second kappa shape index (κ2) is 7.01. The minimum absolute atomic E-state index is 0.274. The van der Waals surface area contributed by atoms with Gasteiger partial charge in [-0.25, -0.2) is 13.8 Å². The number of hydrogen-bond donors (Lipinski definition) is 2. The molecular formula is C20H18F2N6O. The number of anilines is 5. The van der Waals surface area contributed by atoms with Crippen molar-refractivity contribution in [1.82, 2.24) is 9.97 Å². The van der Waals surface area contributed by atoms with Gasteiger partial charge in [0.05, 0.1) is 11.8 Å². The van der Waals surface area contributed by atoms with Crippen LogP contribution >= 0.6 is 0 Å². The molecule has 0 radical (unpaired) electrons. The van der Waals surface area contributed by atoms with Crippen molar-refractivity contribution < 1.29 is 13.6 Å². The van der Waals surface area contributed by atoms with Crippen LogP contribution in [0.1, 0.15) is 11.6 Å². The van der Waals surface area contributed by atoms with Crippen LogP contribution in [0.25, 0.3) is 0 Å². The molecule has 0 saturated heterocycles. The Labute approximate surface area is 165 Å². The highest BCUT2D eigenvalue weighted by Crippen LogP contribution is 2.40. The van der Waals surface area contributed by atoms with E-state index in [1.54, 1.807) is 31.3 Å².